The maximum absolute atomic E-state index is 6.88. The zero-order valence-corrected chi connectivity index (χ0v) is 27.4. The molecular weight excluding hydrogens is 604 g/mol. The van der Waals surface area contributed by atoms with Crippen LogP contribution in [0.15, 0.2) is 60.7 Å². The van der Waals surface area contributed by atoms with Crippen molar-refractivity contribution in [2.75, 3.05) is 48.2 Å². The van der Waals surface area contributed by atoms with Crippen LogP contribution in [0.2, 0.25) is 0 Å². The highest BCUT2D eigenvalue weighted by molar-refractivity contribution is 5.85. The highest BCUT2D eigenvalue weighted by Gasteiger charge is 2.35. The van der Waals surface area contributed by atoms with Crippen LogP contribution in [0.1, 0.15) is 45.5 Å². The summed E-state index contributed by atoms with van der Waals surface area (Å²) >= 11 is 0. The first-order valence-corrected chi connectivity index (χ1v) is 15.7. The van der Waals surface area contributed by atoms with Gasteiger partial charge in [0, 0.05) is 30.7 Å². The van der Waals surface area contributed by atoms with Gasteiger partial charge in [-0.3, -0.25) is 9.80 Å². The number of rotatable bonds is 2. The molecule has 0 aliphatic carbocycles. The monoisotopic (exact) mass is 642 g/mol. The third kappa shape index (κ3) is 5.28. The second-order valence-corrected chi connectivity index (χ2v) is 12.4. The van der Waals surface area contributed by atoms with Crippen LogP contribution in [0.3, 0.4) is 0 Å². The van der Waals surface area contributed by atoms with E-state index in [4.69, 9.17) is 28.4 Å². The minimum atomic E-state index is 0. The first-order chi connectivity index (χ1) is 22.0. The van der Waals surface area contributed by atoms with Crippen molar-refractivity contribution >= 4 is 12.4 Å². The molecule has 7 aliphatic rings. The Hall–Kier alpha value is -4.11. The SMILES string of the molecule is COc1ccc2cc1Oc1ccc(cc1)CC1c3cc4c(c(c3CCN1C)Oc1cc3c(cc1OC)C(C2)N(C)CC3)OCO4.Cl. The second kappa shape index (κ2) is 12.2. The first-order valence-electron chi connectivity index (χ1n) is 15.7. The number of halogens is 1. The van der Waals surface area contributed by atoms with Crippen molar-refractivity contribution in [3.05, 3.63) is 94.0 Å². The van der Waals surface area contributed by atoms with Crippen molar-refractivity contribution < 1.29 is 28.4 Å². The van der Waals surface area contributed by atoms with Crippen molar-refractivity contribution in [3.8, 4) is 46.0 Å². The average molecular weight is 643 g/mol. The summed E-state index contributed by atoms with van der Waals surface area (Å²) in [5, 5.41) is 0. The molecule has 7 heterocycles. The van der Waals surface area contributed by atoms with Crippen LogP contribution >= 0.6 is 12.4 Å². The highest BCUT2D eigenvalue weighted by atomic mass is 35.5. The second-order valence-electron chi connectivity index (χ2n) is 12.4. The number of hydrogen-bond donors (Lipinski definition) is 0. The molecule has 4 aromatic rings. The molecule has 0 radical (unpaired) electrons. The van der Waals surface area contributed by atoms with Gasteiger partial charge in [0.2, 0.25) is 12.5 Å². The molecule has 0 amide bonds. The third-order valence-electron chi connectivity index (χ3n) is 9.86. The Morgan fingerprint density at radius 2 is 1.35 bits per heavy atom. The molecule has 8 nitrogen and oxygen atoms in total. The summed E-state index contributed by atoms with van der Waals surface area (Å²) in [4.78, 5) is 4.83. The van der Waals surface area contributed by atoms with E-state index in [1.807, 2.05) is 18.2 Å². The number of benzene rings is 4. The molecule has 0 spiro atoms. The Labute approximate surface area is 276 Å². The van der Waals surface area contributed by atoms with Crippen molar-refractivity contribution in [2.24, 2.45) is 0 Å². The molecule has 2 unspecified atom stereocenters. The number of nitrogens with zero attached hydrogens (tertiary/aromatic N) is 2. The van der Waals surface area contributed by atoms with Crippen LogP contribution in [-0.2, 0) is 25.7 Å². The molecule has 9 heteroatoms. The number of hydrogen-bond acceptors (Lipinski definition) is 8. The Bertz CT molecular complexity index is 1780. The summed E-state index contributed by atoms with van der Waals surface area (Å²) in [6.07, 6.45) is 3.41. The summed E-state index contributed by atoms with van der Waals surface area (Å²) in [6.45, 7) is 2.02. The number of methoxy groups -OCH3 is 2. The van der Waals surface area contributed by atoms with Gasteiger partial charge in [-0.15, -0.1) is 12.4 Å². The molecule has 0 saturated heterocycles. The van der Waals surface area contributed by atoms with E-state index in [0.717, 1.165) is 56.0 Å². The zero-order valence-electron chi connectivity index (χ0n) is 26.6. The lowest BCUT2D eigenvalue weighted by molar-refractivity contribution is 0.171. The first kappa shape index (κ1) is 30.5. The minimum Gasteiger partial charge on any atom is -0.493 e. The van der Waals surface area contributed by atoms with E-state index in [1.165, 1.54) is 33.4 Å². The van der Waals surface area contributed by atoms with Gasteiger partial charge < -0.3 is 28.4 Å². The lowest BCUT2D eigenvalue weighted by atomic mass is 9.87. The fourth-order valence-electron chi connectivity index (χ4n) is 7.32. The van der Waals surface area contributed by atoms with Gasteiger partial charge in [0.15, 0.2) is 34.5 Å². The van der Waals surface area contributed by atoms with Gasteiger partial charge in [0.1, 0.15) is 5.75 Å². The molecule has 0 aromatic heterocycles. The van der Waals surface area contributed by atoms with Gasteiger partial charge in [0.25, 0.3) is 0 Å². The zero-order chi connectivity index (χ0) is 30.7. The molecule has 11 rings (SSSR count). The Balaban J connectivity index is 0.00000338. The molecule has 240 valence electrons. The molecule has 4 aromatic carbocycles. The molecule has 7 aliphatic heterocycles. The molecule has 0 saturated carbocycles. The van der Waals surface area contributed by atoms with Crippen LogP contribution in [0.25, 0.3) is 0 Å². The lowest BCUT2D eigenvalue weighted by Gasteiger charge is -2.36. The van der Waals surface area contributed by atoms with Crippen molar-refractivity contribution in [2.45, 2.75) is 37.8 Å². The Morgan fingerprint density at radius 1 is 0.652 bits per heavy atom. The largest absolute Gasteiger partial charge is 0.493 e. The minimum absolute atomic E-state index is 0. The van der Waals surface area contributed by atoms with Crippen molar-refractivity contribution in [1.82, 2.24) is 9.80 Å². The average Bonchev–Trinajstić information content (AvgIpc) is 3.53. The van der Waals surface area contributed by atoms with Crippen LogP contribution in [0.4, 0.5) is 0 Å². The number of ether oxygens (including phenoxy) is 6. The summed E-state index contributed by atoms with van der Waals surface area (Å²) in [5.74, 6) is 5.74. The van der Waals surface area contributed by atoms with Gasteiger partial charge in [-0.1, -0.05) is 18.2 Å². The lowest BCUT2D eigenvalue weighted by Crippen LogP contribution is -2.34. The fraction of sp³-hybridized carbons (Fsp3) is 0.351. The molecule has 12 bridgehead atoms. The molecule has 0 fully saturated rings. The summed E-state index contributed by atoms with van der Waals surface area (Å²) < 4.78 is 37.0. The van der Waals surface area contributed by atoms with Gasteiger partial charge in [-0.25, -0.2) is 0 Å². The predicted octanol–water partition coefficient (Wildman–Crippen LogP) is 7.30. The topological polar surface area (TPSA) is 61.9 Å². The maximum Gasteiger partial charge on any atom is 0.231 e. The summed E-state index contributed by atoms with van der Waals surface area (Å²) in [5.41, 5.74) is 7.28. The van der Waals surface area contributed by atoms with Crippen molar-refractivity contribution in [1.29, 1.82) is 0 Å². The van der Waals surface area contributed by atoms with Crippen LogP contribution in [0.5, 0.6) is 46.0 Å². The summed E-state index contributed by atoms with van der Waals surface area (Å²) in [6, 6.07) is 21.4. The number of fused-ring (bicyclic) bond motifs is 1. The quantitative estimate of drug-likeness (QED) is 0.226. The van der Waals surface area contributed by atoms with E-state index >= 15 is 0 Å². The van der Waals surface area contributed by atoms with Gasteiger partial charge >= 0.3 is 0 Å². The third-order valence-corrected chi connectivity index (χ3v) is 9.86. The highest BCUT2D eigenvalue weighted by Crippen LogP contribution is 2.52. The van der Waals surface area contributed by atoms with E-state index in [-0.39, 0.29) is 31.3 Å². The standard InChI is InChI=1S/C37H38N2O6.ClH/c1-38-13-11-24-18-34-32(41-4)19-27(24)29(38)16-23-7-10-31(40-3)33(17-23)44-25-8-5-22(6-9-25)15-30-28-20-35-37(43-21-42-35)36(45-34)26(28)12-14-39(30)2;/h5-10,17-20,29-30H,11-16,21H2,1-4H3;1H. The smallest absolute Gasteiger partial charge is 0.231 e. The van der Waals surface area contributed by atoms with E-state index < -0.39 is 0 Å². The molecular formula is C37H39ClN2O6. The fourth-order valence-corrected chi connectivity index (χ4v) is 7.32. The van der Waals surface area contributed by atoms with Crippen LogP contribution in [0, 0.1) is 0 Å². The Morgan fingerprint density at radius 3 is 2.13 bits per heavy atom. The van der Waals surface area contributed by atoms with Gasteiger partial charge in [-0.2, -0.15) is 0 Å². The van der Waals surface area contributed by atoms with Crippen LogP contribution in [-0.4, -0.2) is 58.0 Å². The predicted molar refractivity (Wildman–Crippen MR) is 178 cm³/mol. The van der Waals surface area contributed by atoms with E-state index in [0.29, 0.717) is 28.7 Å². The van der Waals surface area contributed by atoms with E-state index in [1.54, 1.807) is 14.2 Å². The Kier molecular flexibility index (Phi) is 8.13. The van der Waals surface area contributed by atoms with Crippen LogP contribution < -0.4 is 28.4 Å². The normalized spacial score (nSPS) is 19.9. The van der Waals surface area contributed by atoms with E-state index in [9.17, 15) is 0 Å². The van der Waals surface area contributed by atoms with Crippen molar-refractivity contribution in [3.63, 3.8) is 0 Å². The maximum atomic E-state index is 6.88. The molecule has 0 N–H and O–H groups in total. The van der Waals surface area contributed by atoms with Gasteiger partial charge in [-0.05, 0) is 110 Å². The number of likely N-dealkylation sites (N-methyl/N-ethyl adjacent to an activating group) is 2. The summed E-state index contributed by atoms with van der Waals surface area (Å²) in [7, 11) is 7.77. The van der Waals surface area contributed by atoms with E-state index in [2.05, 4.69) is 66.4 Å². The molecule has 2 atom stereocenters. The van der Waals surface area contributed by atoms with Gasteiger partial charge in [0.05, 0.1) is 14.2 Å². The molecule has 46 heavy (non-hydrogen) atoms.